The first-order chi connectivity index (χ1) is 6.88. The number of halogens is 1. The number of hydrogen-bond donors (Lipinski definition) is 0. The minimum Gasteiger partial charge on any atom is -0.336 e. The zero-order valence-corrected chi connectivity index (χ0v) is 9.73. The summed E-state index contributed by atoms with van der Waals surface area (Å²) in [5, 5.41) is 0.779. The van der Waals surface area contributed by atoms with Crippen LogP contribution in [0.15, 0.2) is 12.5 Å². The van der Waals surface area contributed by atoms with Crippen LogP contribution < -0.4 is 0 Å². The van der Waals surface area contributed by atoms with Crippen LogP contribution in [-0.4, -0.2) is 20.6 Å². The maximum absolute atomic E-state index is 5.70. The molecule has 0 aliphatic carbocycles. The number of nitrogens with zero attached hydrogens (tertiary/aromatic N) is 2. The van der Waals surface area contributed by atoms with Crippen LogP contribution in [0.5, 0.6) is 0 Å². The molecule has 0 saturated carbocycles. The van der Waals surface area contributed by atoms with E-state index in [-0.39, 0.29) is 0 Å². The molecule has 0 bridgehead atoms. The van der Waals surface area contributed by atoms with Crippen molar-refractivity contribution in [2.75, 3.05) is 5.75 Å². The molecule has 78 valence electrons. The van der Waals surface area contributed by atoms with E-state index in [0.717, 1.165) is 17.5 Å². The van der Waals surface area contributed by atoms with Crippen LogP contribution in [0.3, 0.4) is 0 Å². The summed E-state index contributed by atoms with van der Waals surface area (Å²) in [5.41, 5.74) is 0.979. The third kappa shape index (κ3) is 2.67. The topological polar surface area (TPSA) is 17.8 Å². The molecule has 14 heavy (non-hydrogen) atoms. The van der Waals surface area contributed by atoms with Crippen molar-refractivity contribution in [3.05, 3.63) is 18.2 Å². The molecular weight excluding hydrogens is 216 g/mol. The molecule has 2 heterocycles. The van der Waals surface area contributed by atoms with Crippen molar-refractivity contribution in [1.82, 2.24) is 9.55 Å². The minimum absolute atomic E-state index is 0.519. The Morgan fingerprint density at radius 1 is 1.57 bits per heavy atom. The molecule has 2 rings (SSSR count). The predicted octanol–water partition coefficient (Wildman–Crippen LogP) is 2.91. The van der Waals surface area contributed by atoms with Gasteiger partial charge in [-0.1, -0.05) is 6.42 Å². The van der Waals surface area contributed by atoms with E-state index in [1.165, 1.54) is 25.0 Å². The Hall–Kier alpha value is -0.150. The monoisotopic (exact) mass is 230 g/mol. The van der Waals surface area contributed by atoms with Gasteiger partial charge in [-0.2, -0.15) is 11.8 Å². The van der Waals surface area contributed by atoms with E-state index in [4.69, 9.17) is 11.6 Å². The third-order valence-corrected chi connectivity index (χ3v) is 4.17. The molecule has 1 aromatic heterocycles. The quantitative estimate of drug-likeness (QED) is 0.744. The molecule has 1 aromatic rings. The molecule has 0 aromatic carbocycles. The molecule has 1 fully saturated rings. The molecule has 1 aliphatic heterocycles. The first kappa shape index (κ1) is 10.4. The van der Waals surface area contributed by atoms with Crippen molar-refractivity contribution in [3.63, 3.8) is 0 Å². The van der Waals surface area contributed by atoms with Crippen molar-refractivity contribution < 1.29 is 0 Å². The van der Waals surface area contributed by atoms with Crippen LogP contribution >= 0.6 is 23.4 Å². The first-order valence-electron chi connectivity index (χ1n) is 5.06. The SMILES string of the molecule is ClCc1cn(CC2CCCCS2)cn1. The highest BCUT2D eigenvalue weighted by atomic mass is 35.5. The molecule has 4 heteroatoms. The summed E-state index contributed by atoms with van der Waals surface area (Å²) in [5.74, 6) is 1.84. The Kier molecular flexibility index (Phi) is 3.76. The van der Waals surface area contributed by atoms with Crippen molar-refractivity contribution in [1.29, 1.82) is 0 Å². The molecule has 1 atom stereocenters. The molecule has 1 aliphatic rings. The van der Waals surface area contributed by atoms with Gasteiger partial charge in [0, 0.05) is 18.0 Å². The van der Waals surface area contributed by atoms with Gasteiger partial charge >= 0.3 is 0 Å². The number of imidazole rings is 1. The zero-order chi connectivity index (χ0) is 9.80. The van der Waals surface area contributed by atoms with Gasteiger partial charge in [0.25, 0.3) is 0 Å². The van der Waals surface area contributed by atoms with Gasteiger partial charge in [-0.3, -0.25) is 0 Å². The lowest BCUT2D eigenvalue weighted by Gasteiger charge is -2.21. The van der Waals surface area contributed by atoms with Gasteiger partial charge in [-0.05, 0) is 18.6 Å². The Morgan fingerprint density at radius 2 is 2.50 bits per heavy atom. The summed E-state index contributed by atoms with van der Waals surface area (Å²) in [6.45, 7) is 1.09. The second-order valence-electron chi connectivity index (χ2n) is 3.68. The number of hydrogen-bond acceptors (Lipinski definition) is 2. The van der Waals surface area contributed by atoms with Gasteiger partial charge in [-0.15, -0.1) is 11.6 Å². The molecule has 2 nitrogen and oxygen atoms in total. The van der Waals surface area contributed by atoms with Gasteiger partial charge in [0.05, 0.1) is 17.9 Å². The average Bonchev–Trinajstić information content (AvgIpc) is 2.67. The molecule has 0 N–H and O–H groups in total. The summed E-state index contributed by atoms with van der Waals surface area (Å²) < 4.78 is 2.17. The van der Waals surface area contributed by atoms with E-state index in [2.05, 4.69) is 27.5 Å². The maximum atomic E-state index is 5.70. The Morgan fingerprint density at radius 3 is 3.14 bits per heavy atom. The highest BCUT2D eigenvalue weighted by Crippen LogP contribution is 2.26. The van der Waals surface area contributed by atoms with E-state index in [9.17, 15) is 0 Å². The van der Waals surface area contributed by atoms with E-state index in [1.54, 1.807) is 0 Å². The zero-order valence-electron chi connectivity index (χ0n) is 8.16. The number of rotatable bonds is 3. The van der Waals surface area contributed by atoms with Gasteiger partial charge in [0.2, 0.25) is 0 Å². The van der Waals surface area contributed by atoms with Gasteiger partial charge < -0.3 is 4.57 Å². The lowest BCUT2D eigenvalue weighted by molar-refractivity contribution is 0.582. The van der Waals surface area contributed by atoms with Crippen LogP contribution in [0.2, 0.25) is 0 Å². The van der Waals surface area contributed by atoms with Crippen molar-refractivity contribution in [2.24, 2.45) is 0 Å². The molecular formula is C10H15ClN2S. The fourth-order valence-corrected chi connectivity index (χ4v) is 3.21. The summed E-state index contributed by atoms with van der Waals surface area (Å²) in [6.07, 6.45) is 8.07. The van der Waals surface area contributed by atoms with Crippen LogP contribution in [0.25, 0.3) is 0 Å². The summed E-state index contributed by atoms with van der Waals surface area (Å²) in [6, 6.07) is 0. The second kappa shape index (κ2) is 5.08. The van der Waals surface area contributed by atoms with Crippen molar-refractivity contribution in [3.8, 4) is 0 Å². The Labute approximate surface area is 94.0 Å². The third-order valence-electron chi connectivity index (χ3n) is 2.51. The second-order valence-corrected chi connectivity index (χ2v) is 5.36. The predicted molar refractivity (Wildman–Crippen MR) is 61.9 cm³/mol. The molecule has 0 amide bonds. The average molecular weight is 231 g/mol. The van der Waals surface area contributed by atoms with E-state index >= 15 is 0 Å². The molecule has 1 unspecified atom stereocenters. The van der Waals surface area contributed by atoms with Crippen LogP contribution in [0.4, 0.5) is 0 Å². The summed E-state index contributed by atoms with van der Waals surface area (Å²) >= 11 is 7.80. The standard InChI is InChI=1S/C10H15ClN2S/c11-5-9-6-13(8-12-9)7-10-3-1-2-4-14-10/h6,8,10H,1-5,7H2. The Balaban J connectivity index is 1.89. The molecule has 0 radical (unpaired) electrons. The molecule has 0 spiro atoms. The largest absolute Gasteiger partial charge is 0.336 e. The fraction of sp³-hybridized carbons (Fsp3) is 0.700. The van der Waals surface area contributed by atoms with E-state index < -0.39 is 0 Å². The first-order valence-corrected chi connectivity index (χ1v) is 6.65. The number of aromatic nitrogens is 2. The van der Waals surface area contributed by atoms with Crippen molar-refractivity contribution >= 4 is 23.4 Å². The van der Waals surface area contributed by atoms with E-state index in [1.807, 2.05) is 6.33 Å². The number of alkyl halides is 1. The lowest BCUT2D eigenvalue weighted by atomic mass is 10.2. The number of thioether (sulfide) groups is 1. The summed E-state index contributed by atoms with van der Waals surface area (Å²) in [7, 11) is 0. The minimum atomic E-state index is 0.519. The fourth-order valence-electron chi connectivity index (χ4n) is 1.76. The molecule has 1 saturated heterocycles. The Bertz CT molecular complexity index is 281. The van der Waals surface area contributed by atoms with Crippen LogP contribution in [-0.2, 0) is 12.4 Å². The summed E-state index contributed by atoms with van der Waals surface area (Å²) in [4.78, 5) is 4.22. The highest BCUT2D eigenvalue weighted by Gasteiger charge is 2.14. The lowest BCUT2D eigenvalue weighted by Crippen LogP contribution is -2.15. The van der Waals surface area contributed by atoms with Gasteiger partial charge in [0.15, 0.2) is 0 Å². The normalized spacial score (nSPS) is 22.5. The van der Waals surface area contributed by atoms with Gasteiger partial charge in [-0.25, -0.2) is 4.98 Å². The van der Waals surface area contributed by atoms with Gasteiger partial charge in [0.1, 0.15) is 0 Å². The smallest absolute Gasteiger partial charge is 0.0950 e. The van der Waals surface area contributed by atoms with Crippen LogP contribution in [0, 0.1) is 0 Å². The van der Waals surface area contributed by atoms with Crippen LogP contribution in [0.1, 0.15) is 25.0 Å². The van der Waals surface area contributed by atoms with Crippen molar-refractivity contribution in [2.45, 2.75) is 36.9 Å². The highest BCUT2D eigenvalue weighted by molar-refractivity contribution is 7.99. The maximum Gasteiger partial charge on any atom is 0.0950 e. The van der Waals surface area contributed by atoms with E-state index in [0.29, 0.717) is 5.88 Å².